The summed E-state index contributed by atoms with van der Waals surface area (Å²) in [7, 11) is 3.70. The second-order valence-electron chi connectivity index (χ2n) is 11.3. The van der Waals surface area contributed by atoms with Gasteiger partial charge >= 0.3 is 0 Å². The first-order valence-corrected chi connectivity index (χ1v) is 15.6. The van der Waals surface area contributed by atoms with E-state index in [1.165, 1.54) is 16.9 Å². The average molecular weight is 574 g/mol. The summed E-state index contributed by atoms with van der Waals surface area (Å²) in [4.78, 5) is 15.0. The standard InChI is InChI=1S/C31H47N3O5S/c1-22-19-28(38-7)23(2)24(3)31(22)40(36,37)34(6)17-18-39-21-29(35)32-20-25-13-15-27(16-14-25)30(33(4)5)26-11-9-8-10-12-26/h8-12,19,25,27,30H,13-18,20-21H2,1-7H3,(H,32,35). The smallest absolute Gasteiger partial charge is 0.246 e. The zero-order chi connectivity index (χ0) is 29.4. The zero-order valence-electron chi connectivity index (χ0n) is 25.2. The molecule has 3 rings (SSSR count). The van der Waals surface area contributed by atoms with Crippen LogP contribution in [0.25, 0.3) is 0 Å². The molecule has 2 aromatic carbocycles. The van der Waals surface area contributed by atoms with Crippen LogP contribution in [0.2, 0.25) is 0 Å². The number of sulfonamides is 1. The molecule has 0 aliphatic heterocycles. The number of hydrogen-bond donors (Lipinski definition) is 1. The van der Waals surface area contributed by atoms with Gasteiger partial charge in [-0.05, 0) is 101 Å². The third-order valence-electron chi connectivity index (χ3n) is 8.27. The molecule has 0 spiro atoms. The highest BCUT2D eigenvalue weighted by atomic mass is 32.2. The quantitative estimate of drug-likeness (QED) is 0.356. The van der Waals surface area contributed by atoms with Crippen molar-refractivity contribution in [1.29, 1.82) is 0 Å². The molecule has 0 heterocycles. The van der Waals surface area contributed by atoms with Crippen LogP contribution < -0.4 is 10.1 Å². The maximum Gasteiger partial charge on any atom is 0.246 e. The first-order chi connectivity index (χ1) is 19.0. The molecule has 0 saturated heterocycles. The number of benzene rings is 2. The zero-order valence-corrected chi connectivity index (χ0v) is 26.0. The summed E-state index contributed by atoms with van der Waals surface area (Å²) in [5.74, 6) is 1.58. The van der Waals surface area contributed by atoms with Gasteiger partial charge < -0.3 is 19.7 Å². The summed E-state index contributed by atoms with van der Waals surface area (Å²) in [5.41, 5.74) is 3.48. The van der Waals surface area contributed by atoms with E-state index >= 15 is 0 Å². The van der Waals surface area contributed by atoms with E-state index in [1.54, 1.807) is 27.0 Å². The number of nitrogens with one attached hydrogen (secondary N) is 1. The lowest BCUT2D eigenvalue weighted by molar-refractivity contribution is -0.126. The van der Waals surface area contributed by atoms with Crippen LogP contribution in [0.1, 0.15) is 54.0 Å². The molecule has 1 saturated carbocycles. The molecule has 0 radical (unpaired) electrons. The number of methoxy groups -OCH3 is 1. The van der Waals surface area contributed by atoms with Gasteiger partial charge in [0.15, 0.2) is 0 Å². The van der Waals surface area contributed by atoms with Crippen LogP contribution in [-0.4, -0.2) is 78.1 Å². The van der Waals surface area contributed by atoms with Crippen molar-refractivity contribution < 1.29 is 22.7 Å². The fraction of sp³-hybridized carbons (Fsp3) is 0.581. The third kappa shape index (κ3) is 7.84. The number of hydrogen-bond acceptors (Lipinski definition) is 6. The van der Waals surface area contributed by atoms with Crippen molar-refractivity contribution in [3.05, 3.63) is 58.7 Å². The second-order valence-corrected chi connectivity index (χ2v) is 13.2. The van der Waals surface area contributed by atoms with Crippen LogP contribution in [-0.2, 0) is 19.6 Å². The Kier molecular flexibility index (Phi) is 11.6. The minimum Gasteiger partial charge on any atom is -0.496 e. The molecular weight excluding hydrogens is 526 g/mol. The summed E-state index contributed by atoms with van der Waals surface area (Å²) in [6, 6.07) is 12.9. The molecule has 1 fully saturated rings. The molecule has 1 aliphatic carbocycles. The molecule has 2 aromatic rings. The molecule has 1 N–H and O–H groups in total. The van der Waals surface area contributed by atoms with Crippen LogP contribution in [0.15, 0.2) is 41.3 Å². The molecule has 1 aliphatic rings. The van der Waals surface area contributed by atoms with Gasteiger partial charge in [0.2, 0.25) is 15.9 Å². The predicted molar refractivity (Wildman–Crippen MR) is 159 cm³/mol. The van der Waals surface area contributed by atoms with Gasteiger partial charge in [0.1, 0.15) is 12.4 Å². The van der Waals surface area contributed by atoms with E-state index in [1.807, 2.05) is 6.92 Å². The minimum atomic E-state index is -3.71. The molecule has 1 unspecified atom stereocenters. The van der Waals surface area contributed by atoms with Gasteiger partial charge in [0, 0.05) is 26.2 Å². The maximum atomic E-state index is 13.3. The number of aryl methyl sites for hydroxylation is 1. The molecule has 1 atom stereocenters. The van der Waals surface area contributed by atoms with Gasteiger partial charge in [0.05, 0.1) is 18.6 Å². The Bertz CT molecular complexity index is 1230. The van der Waals surface area contributed by atoms with E-state index in [-0.39, 0.29) is 25.7 Å². The van der Waals surface area contributed by atoms with Crippen molar-refractivity contribution in [3.8, 4) is 5.75 Å². The number of carbonyl (C=O) groups excluding carboxylic acids is 1. The van der Waals surface area contributed by atoms with Crippen LogP contribution in [0.4, 0.5) is 0 Å². The van der Waals surface area contributed by atoms with E-state index < -0.39 is 10.0 Å². The van der Waals surface area contributed by atoms with Crippen molar-refractivity contribution in [2.45, 2.75) is 57.4 Å². The monoisotopic (exact) mass is 573 g/mol. The summed E-state index contributed by atoms with van der Waals surface area (Å²) in [6.07, 6.45) is 4.47. The summed E-state index contributed by atoms with van der Waals surface area (Å²) in [6.45, 7) is 6.27. The van der Waals surface area contributed by atoms with Crippen LogP contribution in [0, 0.1) is 32.6 Å². The fourth-order valence-corrected chi connectivity index (χ4v) is 7.56. The van der Waals surface area contributed by atoms with Gasteiger partial charge in [-0.1, -0.05) is 30.3 Å². The second kappa shape index (κ2) is 14.4. The highest BCUT2D eigenvalue weighted by Crippen LogP contribution is 2.39. The van der Waals surface area contributed by atoms with E-state index in [0.717, 1.165) is 31.2 Å². The SMILES string of the molecule is COc1cc(C)c(S(=O)(=O)N(C)CCOCC(=O)NCC2CCC(C(c3ccccc3)N(C)C)CC2)c(C)c1C. The topological polar surface area (TPSA) is 88.2 Å². The molecule has 1 amide bonds. The lowest BCUT2D eigenvalue weighted by Gasteiger charge is -2.37. The molecule has 0 bridgehead atoms. The Morgan fingerprint density at radius 2 is 1.68 bits per heavy atom. The molecule has 9 heteroatoms. The maximum absolute atomic E-state index is 13.3. The van der Waals surface area contributed by atoms with Crippen molar-refractivity contribution in [2.24, 2.45) is 11.8 Å². The van der Waals surface area contributed by atoms with Crippen molar-refractivity contribution in [3.63, 3.8) is 0 Å². The van der Waals surface area contributed by atoms with Gasteiger partial charge in [-0.15, -0.1) is 0 Å². The fourth-order valence-electron chi connectivity index (χ4n) is 5.92. The number of carbonyl (C=O) groups is 1. The molecule has 40 heavy (non-hydrogen) atoms. The lowest BCUT2D eigenvalue weighted by atomic mass is 9.76. The third-order valence-corrected chi connectivity index (χ3v) is 10.4. The highest BCUT2D eigenvalue weighted by molar-refractivity contribution is 7.89. The van der Waals surface area contributed by atoms with Crippen molar-refractivity contribution >= 4 is 15.9 Å². The Balaban J connectivity index is 1.40. The molecule has 222 valence electrons. The number of ether oxygens (including phenoxy) is 2. The Labute approximate surface area is 241 Å². The van der Waals surface area contributed by atoms with E-state index in [0.29, 0.717) is 46.2 Å². The van der Waals surface area contributed by atoms with Gasteiger partial charge in [-0.2, -0.15) is 4.31 Å². The van der Waals surface area contributed by atoms with E-state index in [4.69, 9.17) is 9.47 Å². The number of nitrogens with zero attached hydrogens (tertiary/aromatic N) is 2. The van der Waals surface area contributed by atoms with E-state index in [9.17, 15) is 13.2 Å². The first-order valence-electron chi connectivity index (χ1n) is 14.1. The largest absolute Gasteiger partial charge is 0.496 e. The van der Waals surface area contributed by atoms with Gasteiger partial charge in [-0.3, -0.25) is 4.79 Å². The number of likely N-dealkylation sites (N-methyl/N-ethyl adjacent to an activating group) is 1. The molecule has 0 aromatic heterocycles. The average Bonchev–Trinajstić information content (AvgIpc) is 2.93. The molecular formula is C31H47N3O5S. The number of amides is 1. The van der Waals surface area contributed by atoms with Gasteiger partial charge in [0.25, 0.3) is 0 Å². The summed E-state index contributed by atoms with van der Waals surface area (Å²) < 4.78 is 38.7. The van der Waals surface area contributed by atoms with Crippen LogP contribution >= 0.6 is 0 Å². The van der Waals surface area contributed by atoms with Crippen LogP contribution in [0.3, 0.4) is 0 Å². The minimum absolute atomic E-state index is 0.0837. The van der Waals surface area contributed by atoms with E-state index in [2.05, 4.69) is 54.6 Å². The Hall–Kier alpha value is -2.46. The summed E-state index contributed by atoms with van der Waals surface area (Å²) >= 11 is 0. The normalized spacial score (nSPS) is 18.6. The molecule has 8 nitrogen and oxygen atoms in total. The van der Waals surface area contributed by atoms with Crippen LogP contribution in [0.5, 0.6) is 5.75 Å². The first kappa shape index (κ1) is 32.1. The highest BCUT2D eigenvalue weighted by Gasteiger charge is 2.30. The van der Waals surface area contributed by atoms with Crippen molar-refractivity contribution in [2.75, 3.05) is 54.6 Å². The lowest BCUT2D eigenvalue weighted by Crippen LogP contribution is -2.36. The Morgan fingerprint density at radius 3 is 2.27 bits per heavy atom. The van der Waals surface area contributed by atoms with Crippen molar-refractivity contribution in [1.82, 2.24) is 14.5 Å². The summed E-state index contributed by atoms with van der Waals surface area (Å²) in [5, 5.41) is 3.01. The number of rotatable bonds is 13. The van der Waals surface area contributed by atoms with Gasteiger partial charge in [-0.25, -0.2) is 8.42 Å². The predicted octanol–water partition coefficient (Wildman–Crippen LogP) is 4.48. The Morgan fingerprint density at radius 1 is 1.02 bits per heavy atom.